The Morgan fingerprint density at radius 2 is 1.91 bits per heavy atom. The lowest BCUT2D eigenvalue weighted by Gasteiger charge is -2.59. The molecule has 0 aromatic rings. The first-order valence-corrected chi connectivity index (χ1v) is 14.6. The maximum atomic E-state index is 14.0. The van der Waals surface area contributed by atoms with Gasteiger partial charge in [0, 0.05) is 45.4 Å². The second kappa shape index (κ2) is 7.37. The van der Waals surface area contributed by atoms with Crippen molar-refractivity contribution in [3.63, 3.8) is 0 Å². The minimum absolute atomic E-state index is 0.0171. The minimum atomic E-state index is -1.44. The smallest absolute Gasteiger partial charge is 0.255 e. The van der Waals surface area contributed by atoms with Gasteiger partial charge in [0.05, 0.1) is 6.10 Å². The molecule has 3 saturated carbocycles. The number of thioether (sulfide) groups is 2. The van der Waals surface area contributed by atoms with Crippen molar-refractivity contribution in [2.75, 3.05) is 18.2 Å². The summed E-state index contributed by atoms with van der Waals surface area (Å²) in [6.07, 6.45) is 7.82. The summed E-state index contributed by atoms with van der Waals surface area (Å²) in [5, 5.41) is 25.9. The number of amides is 1. The van der Waals surface area contributed by atoms with Gasteiger partial charge in [-0.1, -0.05) is 32.4 Å². The summed E-state index contributed by atoms with van der Waals surface area (Å²) in [6.45, 7) is 7.75. The number of rotatable bonds is 1. The summed E-state index contributed by atoms with van der Waals surface area (Å²) in [5.74, 6) is 0.227. The van der Waals surface area contributed by atoms with Gasteiger partial charge in [-0.05, 0) is 55.6 Å². The number of allylic oxidation sites excluding steroid dienone is 4. The Morgan fingerprint density at radius 1 is 1.21 bits per heavy atom. The number of carbonyl (C=O) groups is 2. The molecule has 5 nitrogen and oxygen atoms in total. The molecule has 2 heterocycles. The number of hydrogen-bond donors (Lipinski definition) is 2. The zero-order valence-electron chi connectivity index (χ0n) is 19.7. The fourth-order valence-corrected chi connectivity index (χ4v) is 12.2. The van der Waals surface area contributed by atoms with Crippen LogP contribution < -0.4 is 0 Å². The van der Waals surface area contributed by atoms with Crippen LogP contribution >= 0.6 is 23.5 Å². The predicted molar refractivity (Wildman–Crippen MR) is 132 cm³/mol. The van der Waals surface area contributed by atoms with E-state index in [1.54, 1.807) is 12.2 Å². The van der Waals surface area contributed by atoms with Crippen molar-refractivity contribution in [1.29, 1.82) is 0 Å². The molecular formula is C26H35NO4S2. The van der Waals surface area contributed by atoms with Crippen LogP contribution in [0.2, 0.25) is 0 Å². The van der Waals surface area contributed by atoms with E-state index >= 15 is 0 Å². The summed E-state index contributed by atoms with van der Waals surface area (Å²) in [5.41, 5.74) is -1.28. The lowest BCUT2D eigenvalue weighted by Crippen LogP contribution is -2.64. The normalized spacial score (nSPS) is 52.8. The monoisotopic (exact) mass is 489 g/mol. The van der Waals surface area contributed by atoms with Gasteiger partial charge in [0.1, 0.15) is 0 Å². The van der Waals surface area contributed by atoms with Crippen molar-refractivity contribution in [3.05, 3.63) is 23.8 Å². The van der Waals surface area contributed by atoms with Gasteiger partial charge >= 0.3 is 0 Å². The number of aliphatic hydroxyl groups is 2. The Balaban J connectivity index is 1.34. The Bertz CT molecular complexity index is 954. The topological polar surface area (TPSA) is 77.8 Å². The molecule has 180 valence electrons. The highest BCUT2D eigenvalue weighted by Gasteiger charge is 2.71. The molecule has 6 aliphatic rings. The number of ketones is 1. The van der Waals surface area contributed by atoms with Crippen LogP contribution in [0.5, 0.6) is 0 Å². The zero-order chi connectivity index (χ0) is 23.3. The van der Waals surface area contributed by atoms with Crippen LogP contribution in [0.15, 0.2) is 23.8 Å². The van der Waals surface area contributed by atoms with Gasteiger partial charge in [-0.15, -0.1) is 23.5 Å². The molecule has 10 atom stereocenters. The summed E-state index contributed by atoms with van der Waals surface area (Å²) >= 11 is 3.87. The van der Waals surface area contributed by atoms with E-state index in [9.17, 15) is 19.8 Å². The van der Waals surface area contributed by atoms with Gasteiger partial charge < -0.3 is 15.1 Å². The molecule has 1 amide bonds. The van der Waals surface area contributed by atoms with E-state index in [0.717, 1.165) is 43.0 Å². The molecule has 1 unspecified atom stereocenters. The molecule has 0 aromatic carbocycles. The Morgan fingerprint density at radius 3 is 2.61 bits per heavy atom. The molecule has 0 spiro atoms. The molecule has 7 heteroatoms. The molecule has 2 saturated heterocycles. The molecular weight excluding hydrogens is 454 g/mol. The van der Waals surface area contributed by atoms with Gasteiger partial charge in [0.25, 0.3) is 5.91 Å². The SMILES string of the molecule is C[C@@H]1C[C@H]2[C@@H]3CCC4=CC(=O)C=C[C@]4(C)[C@H]3[C@@H](O)C[C@]2(C)[C@@]1(O)C(=O)N1CC2SCS[C@@H]2C1. The lowest BCUT2D eigenvalue weighted by atomic mass is 9.46. The maximum absolute atomic E-state index is 14.0. The largest absolute Gasteiger partial charge is 0.393 e. The second-order valence-corrected chi connectivity index (χ2v) is 14.7. The van der Waals surface area contributed by atoms with Crippen molar-refractivity contribution in [1.82, 2.24) is 4.90 Å². The fraction of sp³-hybridized carbons (Fsp3) is 0.769. The van der Waals surface area contributed by atoms with Crippen LogP contribution in [0.3, 0.4) is 0 Å². The van der Waals surface area contributed by atoms with Crippen molar-refractivity contribution < 1.29 is 19.8 Å². The van der Waals surface area contributed by atoms with E-state index < -0.39 is 17.1 Å². The van der Waals surface area contributed by atoms with E-state index in [0.29, 0.717) is 16.9 Å². The highest BCUT2D eigenvalue weighted by Crippen LogP contribution is 2.68. The van der Waals surface area contributed by atoms with Gasteiger partial charge in [-0.3, -0.25) is 9.59 Å². The van der Waals surface area contributed by atoms with Crippen molar-refractivity contribution in [2.45, 2.75) is 68.7 Å². The van der Waals surface area contributed by atoms with Crippen LogP contribution in [0.25, 0.3) is 0 Å². The second-order valence-electron chi connectivity index (χ2n) is 11.9. The highest BCUT2D eigenvalue weighted by molar-refractivity contribution is 8.19. The summed E-state index contributed by atoms with van der Waals surface area (Å²) < 4.78 is 0. The van der Waals surface area contributed by atoms with Crippen LogP contribution in [-0.4, -0.2) is 67.2 Å². The number of nitrogens with zero attached hydrogens (tertiary/aromatic N) is 1. The van der Waals surface area contributed by atoms with E-state index in [-0.39, 0.29) is 40.8 Å². The molecule has 2 N–H and O–H groups in total. The van der Waals surface area contributed by atoms with Crippen molar-refractivity contribution in [3.8, 4) is 0 Å². The molecule has 6 rings (SSSR count). The van der Waals surface area contributed by atoms with Crippen molar-refractivity contribution in [2.24, 2.45) is 34.5 Å². The molecule has 0 aromatic heterocycles. The van der Waals surface area contributed by atoms with E-state index in [4.69, 9.17) is 0 Å². The zero-order valence-corrected chi connectivity index (χ0v) is 21.3. The average molecular weight is 490 g/mol. The number of hydrogen-bond acceptors (Lipinski definition) is 6. The average Bonchev–Trinajstić information content (AvgIpc) is 3.41. The quantitative estimate of drug-likeness (QED) is 0.589. The molecule has 5 fully saturated rings. The van der Waals surface area contributed by atoms with Crippen molar-refractivity contribution >= 4 is 35.2 Å². The molecule has 2 aliphatic heterocycles. The molecule has 33 heavy (non-hydrogen) atoms. The van der Waals surface area contributed by atoms with E-state index in [2.05, 4.69) is 13.8 Å². The third kappa shape index (κ3) is 2.88. The maximum Gasteiger partial charge on any atom is 0.255 e. The Hall–Kier alpha value is -0.760. The lowest BCUT2D eigenvalue weighted by molar-refractivity contribution is -0.191. The van der Waals surface area contributed by atoms with E-state index in [1.165, 1.54) is 0 Å². The summed E-state index contributed by atoms with van der Waals surface area (Å²) in [6, 6.07) is 0. The number of carbonyl (C=O) groups excluding carboxylic acids is 2. The first-order chi connectivity index (χ1) is 15.6. The van der Waals surface area contributed by atoms with Crippen LogP contribution in [0.1, 0.15) is 46.5 Å². The van der Waals surface area contributed by atoms with E-state index in [1.807, 2.05) is 41.4 Å². The number of aliphatic hydroxyl groups excluding tert-OH is 1. The fourth-order valence-electron chi connectivity index (χ4n) is 8.80. The van der Waals surface area contributed by atoms with Crippen LogP contribution in [-0.2, 0) is 9.59 Å². The number of fused-ring (bicyclic) bond motifs is 6. The van der Waals surface area contributed by atoms with Gasteiger partial charge in [0.15, 0.2) is 11.4 Å². The standard InChI is InChI=1S/C26H35NO4S2/c1-14-8-18-17-5-4-15-9-16(28)6-7-24(15,2)22(17)19(29)10-25(18,3)26(14,31)23(30)27-11-20-21(12-27)33-13-32-20/h6-7,9,14,17-22,29,31H,4-5,8,10-13H2,1-3H3/t14-,17+,18+,19+,20-,21?,22-,24+,25+,26+/m1/s1. The Labute approximate surface area is 204 Å². The Kier molecular flexibility index (Phi) is 5.07. The third-order valence-corrected chi connectivity index (χ3v) is 13.5. The summed E-state index contributed by atoms with van der Waals surface area (Å²) in [4.78, 5) is 27.9. The number of likely N-dealkylation sites (tertiary alicyclic amines) is 1. The van der Waals surface area contributed by atoms with Crippen LogP contribution in [0.4, 0.5) is 0 Å². The highest BCUT2D eigenvalue weighted by atomic mass is 32.2. The van der Waals surface area contributed by atoms with Gasteiger partial charge in [-0.2, -0.15) is 0 Å². The molecule has 0 radical (unpaired) electrons. The molecule has 0 bridgehead atoms. The third-order valence-electron chi connectivity index (χ3n) is 10.5. The molecule has 4 aliphatic carbocycles. The minimum Gasteiger partial charge on any atom is -0.393 e. The van der Waals surface area contributed by atoms with Gasteiger partial charge in [-0.25, -0.2) is 0 Å². The first-order valence-electron chi connectivity index (χ1n) is 12.5. The van der Waals surface area contributed by atoms with Gasteiger partial charge in [0.2, 0.25) is 0 Å². The predicted octanol–water partition coefficient (Wildman–Crippen LogP) is 3.26. The first kappa shape index (κ1) is 22.7. The summed E-state index contributed by atoms with van der Waals surface area (Å²) in [7, 11) is 0. The van der Waals surface area contributed by atoms with Crippen LogP contribution in [0, 0.1) is 34.5 Å².